The molecule has 0 aliphatic rings. The average molecular weight is 239 g/mol. The molecule has 2 rings (SSSR count). The van der Waals surface area contributed by atoms with Crippen molar-refractivity contribution in [3.05, 3.63) is 34.9 Å². The van der Waals surface area contributed by atoms with Gasteiger partial charge in [-0.2, -0.15) is 0 Å². The minimum absolute atomic E-state index is 0.330. The molecule has 0 saturated carbocycles. The van der Waals surface area contributed by atoms with Crippen LogP contribution in [0.4, 0.5) is 0 Å². The third kappa shape index (κ3) is 1.76. The van der Waals surface area contributed by atoms with Gasteiger partial charge < -0.3 is 9.14 Å². The molecular weight excluding hydrogens is 228 g/mol. The largest absolute Gasteiger partial charge is 0.461 e. The Kier molecular flexibility index (Phi) is 2.83. The van der Waals surface area contributed by atoms with Crippen molar-refractivity contribution in [1.29, 1.82) is 0 Å². The molecule has 0 fully saturated rings. The van der Waals surface area contributed by atoms with Crippen LogP contribution in [0.2, 0.25) is 5.02 Å². The summed E-state index contributed by atoms with van der Waals surface area (Å²) < 4.78 is 6.70. The van der Waals surface area contributed by atoms with Crippen LogP contribution in [0.1, 0.15) is 23.2 Å². The highest BCUT2D eigenvalue weighted by molar-refractivity contribution is 6.30. The van der Waals surface area contributed by atoms with Crippen molar-refractivity contribution in [1.82, 2.24) is 9.38 Å². The molecule has 2 aromatic heterocycles. The van der Waals surface area contributed by atoms with Crippen molar-refractivity contribution in [3.63, 3.8) is 0 Å². The van der Waals surface area contributed by atoms with Crippen molar-refractivity contribution in [2.45, 2.75) is 13.8 Å². The fourth-order valence-electron chi connectivity index (χ4n) is 1.56. The minimum Gasteiger partial charge on any atom is -0.461 e. The molecule has 0 aliphatic carbocycles. The number of carbonyl (C=O) groups excluding carboxylic acids is 1. The molecule has 0 spiro atoms. The fraction of sp³-hybridized carbons (Fsp3) is 0.273. The van der Waals surface area contributed by atoms with Gasteiger partial charge in [0.2, 0.25) is 0 Å². The first-order valence-electron chi connectivity index (χ1n) is 4.94. The van der Waals surface area contributed by atoms with Gasteiger partial charge in [0.25, 0.3) is 0 Å². The Morgan fingerprint density at radius 1 is 1.56 bits per heavy atom. The number of imidazole rings is 1. The van der Waals surface area contributed by atoms with E-state index >= 15 is 0 Å². The van der Waals surface area contributed by atoms with Gasteiger partial charge in [-0.05, 0) is 26.0 Å². The van der Waals surface area contributed by atoms with Crippen molar-refractivity contribution in [2.75, 3.05) is 6.61 Å². The maximum absolute atomic E-state index is 11.6. The summed E-state index contributed by atoms with van der Waals surface area (Å²) >= 11 is 5.88. The van der Waals surface area contributed by atoms with Gasteiger partial charge >= 0.3 is 5.97 Å². The number of pyridine rings is 1. The lowest BCUT2D eigenvalue weighted by atomic mass is 10.3. The number of hydrogen-bond acceptors (Lipinski definition) is 3. The van der Waals surface area contributed by atoms with E-state index in [4.69, 9.17) is 16.3 Å². The third-order valence-corrected chi connectivity index (χ3v) is 2.47. The molecule has 2 heterocycles. The molecule has 0 saturated heterocycles. The second-order valence-corrected chi connectivity index (χ2v) is 3.77. The Balaban J connectivity index is 2.59. The zero-order valence-corrected chi connectivity index (χ0v) is 9.78. The molecule has 16 heavy (non-hydrogen) atoms. The van der Waals surface area contributed by atoms with Crippen LogP contribution in [-0.2, 0) is 4.74 Å². The number of ether oxygens (including phenoxy) is 1. The van der Waals surface area contributed by atoms with Crippen LogP contribution in [0, 0.1) is 6.92 Å². The number of halogens is 1. The summed E-state index contributed by atoms with van der Waals surface area (Å²) in [5.41, 5.74) is 1.04. The van der Waals surface area contributed by atoms with E-state index < -0.39 is 5.97 Å². The molecule has 0 aromatic carbocycles. The zero-order valence-electron chi connectivity index (χ0n) is 9.03. The van der Waals surface area contributed by atoms with E-state index in [0.29, 0.717) is 28.7 Å². The Morgan fingerprint density at radius 3 is 3.00 bits per heavy atom. The predicted molar refractivity (Wildman–Crippen MR) is 60.9 cm³/mol. The monoisotopic (exact) mass is 238 g/mol. The lowest BCUT2D eigenvalue weighted by molar-refractivity contribution is 0.0522. The number of fused-ring (bicyclic) bond motifs is 1. The first kappa shape index (κ1) is 11.0. The van der Waals surface area contributed by atoms with Gasteiger partial charge in [-0.15, -0.1) is 0 Å². The van der Waals surface area contributed by atoms with Crippen LogP contribution in [0.5, 0.6) is 0 Å². The lowest BCUT2D eigenvalue weighted by Crippen LogP contribution is -2.05. The Morgan fingerprint density at radius 2 is 2.31 bits per heavy atom. The van der Waals surface area contributed by atoms with E-state index in [1.54, 1.807) is 29.7 Å². The van der Waals surface area contributed by atoms with E-state index in [1.165, 1.54) is 0 Å². The summed E-state index contributed by atoms with van der Waals surface area (Å²) in [6, 6.07) is 3.48. The van der Waals surface area contributed by atoms with E-state index in [1.807, 2.05) is 6.92 Å². The smallest absolute Gasteiger partial charge is 0.359 e. The van der Waals surface area contributed by atoms with Crippen LogP contribution in [0.15, 0.2) is 18.3 Å². The number of hydrogen-bond donors (Lipinski definition) is 0. The number of nitrogens with zero attached hydrogens (tertiary/aromatic N) is 2. The van der Waals surface area contributed by atoms with E-state index in [0.717, 1.165) is 0 Å². The van der Waals surface area contributed by atoms with Crippen molar-refractivity contribution < 1.29 is 9.53 Å². The Hall–Kier alpha value is -1.55. The molecule has 0 unspecified atom stereocenters. The number of aromatic nitrogens is 2. The summed E-state index contributed by atoms with van der Waals surface area (Å²) in [6.07, 6.45) is 1.72. The number of esters is 1. The van der Waals surface area contributed by atoms with Crippen LogP contribution in [-0.4, -0.2) is 22.0 Å². The quantitative estimate of drug-likeness (QED) is 0.755. The first-order chi connectivity index (χ1) is 7.63. The zero-order chi connectivity index (χ0) is 11.7. The SMILES string of the molecule is CCOC(=O)c1nc(C)n2cc(Cl)ccc12. The second kappa shape index (κ2) is 4.14. The molecule has 2 aromatic rings. The predicted octanol–water partition coefficient (Wildman–Crippen LogP) is 2.47. The maximum Gasteiger partial charge on any atom is 0.359 e. The van der Waals surface area contributed by atoms with Crippen LogP contribution in [0.3, 0.4) is 0 Å². The van der Waals surface area contributed by atoms with Crippen LogP contribution < -0.4 is 0 Å². The molecular formula is C11H11ClN2O2. The molecule has 0 amide bonds. The van der Waals surface area contributed by atoms with E-state index in [9.17, 15) is 4.79 Å². The van der Waals surface area contributed by atoms with Crippen molar-refractivity contribution in [2.24, 2.45) is 0 Å². The minimum atomic E-state index is -0.407. The summed E-state index contributed by atoms with van der Waals surface area (Å²) in [7, 11) is 0. The van der Waals surface area contributed by atoms with Crippen LogP contribution >= 0.6 is 11.6 Å². The number of carbonyl (C=O) groups is 1. The Bertz CT molecular complexity index is 548. The maximum atomic E-state index is 11.6. The lowest BCUT2D eigenvalue weighted by Gasteiger charge is -1.99. The van der Waals surface area contributed by atoms with Gasteiger partial charge in [-0.1, -0.05) is 11.6 Å². The molecule has 84 valence electrons. The molecule has 5 heteroatoms. The van der Waals surface area contributed by atoms with Gasteiger partial charge in [0.05, 0.1) is 17.1 Å². The van der Waals surface area contributed by atoms with Gasteiger partial charge in [0.15, 0.2) is 5.69 Å². The second-order valence-electron chi connectivity index (χ2n) is 3.33. The molecule has 4 nitrogen and oxygen atoms in total. The van der Waals surface area contributed by atoms with Crippen molar-refractivity contribution >= 4 is 23.1 Å². The van der Waals surface area contributed by atoms with Crippen LogP contribution in [0.25, 0.3) is 5.52 Å². The number of aryl methyl sites for hydroxylation is 1. The van der Waals surface area contributed by atoms with Gasteiger partial charge in [0, 0.05) is 6.20 Å². The highest BCUT2D eigenvalue weighted by Gasteiger charge is 2.16. The van der Waals surface area contributed by atoms with E-state index in [-0.39, 0.29) is 0 Å². The fourth-order valence-corrected chi connectivity index (χ4v) is 1.72. The summed E-state index contributed by atoms with van der Waals surface area (Å²) in [5.74, 6) is 0.302. The topological polar surface area (TPSA) is 43.6 Å². The Labute approximate surface area is 97.8 Å². The summed E-state index contributed by atoms with van der Waals surface area (Å²) in [6.45, 7) is 3.91. The normalized spacial score (nSPS) is 10.7. The molecule has 0 N–H and O–H groups in total. The molecule has 0 atom stereocenters. The highest BCUT2D eigenvalue weighted by atomic mass is 35.5. The first-order valence-corrected chi connectivity index (χ1v) is 5.32. The van der Waals surface area contributed by atoms with Gasteiger partial charge in [-0.3, -0.25) is 0 Å². The average Bonchev–Trinajstić information content (AvgIpc) is 2.56. The summed E-state index contributed by atoms with van der Waals surface area (Å²) in [5, 5.41) is 0.600. The van der Waals surface area contributed by atoms with Gasteiger partial charge in [0.1, 0.15) is 5.82 Å². The third-order valence-electron chi connectivity index (χ3n) is 2.25. The van der Waals surface area contributed by atoms with E-state index in [2.05, 4.69) is 4.98 Å². The molecule has 0 radical (unpaired) electrons. The standard InChI is InChI=1S/C11H11ClN2O2/c1-3-16-11(15)10-9-5-4-8(12)6-14(9)7(2)13-10/h4-6H,3H2,1-2H3. The number of rotatable bonds is 2. The van der Waals surface area contributed by atoms with Gasteiger partial charge in [-0.25, -0.2) is 9.78 Å². The molecule has 0 bridgehead atoms. The van der Waals surface area contributed by atoms with Crippen molar-refractivity contribution in [3.8, 4) is 0 Å². The highest BCUT2D eigenvalue weighted by Crippen LogP contribution is 2.17. The molecule has 0 aliphatic heterocycles. The summed E-state index contributed by atoms with van der Waals surface area (Å²) in [4.78, 5) is 15.8.